The summed E-state index contributed by atoms with van der Waals surface area (Å²) in [5.41, 5.74) is 10.5. The molecule has 0 bridgehead atoms. The van der Waals surface area contributed by atoms with Crippen LogP contribution in [0, 0.1) is 0 Å². The van der Waals surface area contributed by atoms with E-state index in [1.165, 1.54) is 17.7 Å². The van der Waals surface area contributed by atoms with Crippen molar-refractivity contribution in [2.75, 3.05) is 13.1 Å². The number of aromatic amines is 1. The maximum Gasteiger partial charge on any atom is 0.121 e. The maximum absolute atomic E-state index is 5.72. The molecule has 26 heavy (non-hydrogen) atoms. The fraction of sp³-hybridized carbons (Fsp3) is 0.429. The Morgan fingerprint density at radius 3 is 2.96 bits per heavy atom. The molecule has 1 aliphatic rings. The van der Waals surface area contributed by atoms with Gasteiger partial charge in [-0.1, -0.05) is 18.2 Å². The highest BCUT2D eigenvalue weighted by molar-refractivity contribution is 5.74. The molecule has 1 aliphatic carbocycles. The number of unbranched alkanes of at least 4 members (excludes halogenated alkanes) is 1. The summed E-state index contributed by atoms with van der Waals surface area (Å²) in [7, 11) is 0. The van der Waals surface area contributed by atoms with Crippen LogP contribution in [0.3, 0.4) is 0 Å². The average molecular weight is 349 g/mol. The first kappa shape index (κ1) is 17.2. The molecule has 0 fully saturated rings. The predicted molar refractivity (Wildman–Crippen MR) is 105 cm³/mol. The minimum atomic E-state index is 0.367. The van der Waals surface area contributed by atoms with E-state index in [2.05, 4.69) is 34.1 Å². The van der Waals surface area contributed by atoms with Gasteiger partial charge in [-0.15, -0.1) is 0 Å². The lowest BCUT2D eigenvalue weighted by molar-refractivity contribution is 0.159. The van der Waals surface area contributed by atoms with Gasteiger partial charge in [-0.25, -0.2) is 4.98 Å². The van der Waals surface area contributed by atoms with E-state index in [1.807, 2.05) is 18.3 Å². The van der Waals surface area contributed by atoms with Gasteiger partial charge < -0.3 is 10.7 Å². The molecular formula is C21H27N5. The zero-order valence-electron chi connectivity index (χ0n) is 15.2. The molecule has 136 valence electrons. The van der Waals surface area contributed by atoms with E-state index in [1.54, 1.807) is 0 Å². The molecule has 0 saturated carbocycles. The summed E-state index contributed by atoms with van der Waals surface area (Å²) in [5.74, 6) is 1.03. The van der Waals surface area contributed by atoms with Gasteiger partial charge in [0.1, 0.15) is 5.82 Å². The molecule has 5 heteroatoms. The number of rotatable bonds is 7. The van der Waals surface area contributed by atoms with Crippen LogP contribution in [0.15, 0.2) is 42.6 Å². The maximum atomic E-state index is 5.72. The lowest BCUT2D eigenvalue weighted by Crippen LogP contribution is -2.33. The average Bonchev–Trinajstić information content (AvgIpc) is 3.09. The van der Waals surface area contributed by atoms with Gasteiger partial charge in [-0.2, -0.15) is 0 Å². The largest absolute Gasteiger partial charge is 0.341 e. The van der Waals surface area contributed by atoms with Crippen LogP contribution in [0.5, 0.6) is 0 Å². The number of H-pyrrole nitrogens is 1. The second-order valence-electron chi connectivity index (χ2n) is 7.12. The Hall–Kier alpha value is -2.24. The van der Waals surface area contributed by atoms with Crippen molar-refractivity contribution in [2.45, 2.75) is 44.7 Å². The number of para-hydroxylation sites is 2. The molecule has 0 aliphatic heterocycles. The Morgan fingerprint density at radius 2 is 2.08 bits per heavy atom. The second kappa shape index (κ2) is 7.98. The van der Waals surface area contributed by atoms with Gasteiger partial charge in [0.05, 0.1) is 29.3 Å². The lowest BCUT2D eigenvalue weighted by Gasteiger charge is -2.34. The number of imidazole rings is 1. The van der Waals surface area contributed by atoms with Crippen LogP contribution in [0.25, 0.3) is 11.0 Å². The molecule has 0 amide bonds. The molecule has 0 spiro atoms. The third-order valence-corrected chi connectivity index (χ3v) is 5.30. The standard InChI is InChI=1S/C21H27N5/c22-12-3-4-14-26(15-20-24-17-9-1-2-10-18(17)25-20)19-11-5-7-16-8-6-13-23-21(16)19/h1-2,6,8-10,13,19H,3-5,7,11-12,14-15,22H2,(H,24,25). The number of nitrogens with one attached hydrogen (secondary N) is 1. The van der Waals surface area contributed by atoms with Crippen LogP contribution in [0.4, 0.5) is 0 Å². The van der Waals surface area contributed by atoms with Crippen molar-refractivity contribution in [2.24, 2.45) is 5.73 Å². The van der Waals surface area contributed by atoms with Crippen LogP contribution in [0.1, 0.15) is 48.8 Å². The van der Waals surface area contributed by atoms with E-state index in [-0.39, 0.29) is 0 Å². The van der Waals surface area contributed by atoms with Crippen molar-refractivity contribution in [3.63, 3.8) is 0 Å². The predicted octanol–water partition coefficient (Wildman–Crippen LogP) is 3.58. The Labute approximate surface area is 154 Å². The van der Waals surface area contributed by atoms with Crippen LogP contribution in [0.2, 0.25) is 0 Å². The van der Waals surface area contributed by atoms with E-state index in [9.17, 15) is 0 Å². The summed E-state index contributed by atoms with van der Waals surface area (Å²) < 4.78 is 0. The number of hydrogen-bond donors (Lipinski definition) is 2. The zero-order chi connectivity index (χ0) is 17.8. The third-order valence-electron chi connectivity index (χ3n) is 5.30. The summed E-state index contributed by atoms with van der Waals surface area (Å²) in [5, 5.41) is 0. The van der Waals surface area contributed by atoms with Crippen molar-refractivity contribution in [3.05, 3.63) is 59.7 Å². The van der Waals surface area contributed by atoms with Crippen molar-refractivity contribution in [1.82, 2.24) is 19.9 Å². The first-order valence-corrected chi connectivity index (χ1v) is 9.66. The second-order valence-corrected chi connectivity index (χ2v) is 7.12. The molecule has 1 atom stereocenters. The van der Waals surface area contributed by atoms with Gasteiger partial charge in [-0.3, -0.25) is 9.88 Å². The van der Waals surface area contributed by atoms with E-state index >= 15 is 0 Å². The van der Waals surface area contributed by atoms with Crippen molar-refractivity contribution >= 4 is 11.0 Å². The Morgan fingerprint density at radius 1 is 1.15 bits per heavy atom. The van der Waals surface area contributed by atoms with Crippen LogP contribution >= 0.6 is 0 Å². The highest BCUT2D eigenvalue weighted by Crippen LogP contribution is 2.33. The monoisotopic (exact) mass is 349 g/mol. The number of aromatic nitrogens is 3. The van der Waals surface area contributed by atoms with Gasteiger partial charge in [-0.05, 0) is 69.0 Å². The number of hydrogen-bond acceptors (Lipinski definition) is 4. The van der Waals surface area contributed by atoms with Crippen LogP contribution in [-0.4, -0.2) is 32.9 Å². The Kier molecular flexibility index (Phi) is 5.27. The molecule has 1 aromatic carbocycles. The molecule has 0 radical (unpaired) electrons. The van der Waals surface area contributed by atoms with E-state index in [4.69, 9.17) is 15.7 Å². The zero-order valence-corrected chi connectivity index (χ0v) is 15.2. The SMILES string of the molecule is NCCCCN(Cc1nc2ccccc2[nH]1)C1CCCc2cccnc21. The van der Waals surface area contributed by atoms with Gasteiger partial charge in [0.2, 0.25) is 0 Å². The summed E-state index contributed by atoms with van der Waals surface area (Å²) in [6, 6.07) is 12.9. The van der Waals surface area contributed by atoms with Gasteiger partial charge in [0.25, 0.3) is 0 Å². The molecule has 4 rings (SSSR count). The van der Waals surface area contributed by atoms with Crippen molar-refractivity contribution in [1.29, 1.82) is 0 Å². The summed E-state index contributed by atoms with van der Waals surface area (Å²) >= 11 is 0. The molecule has 2 aromatic heterocycles. The van der Waals surface area contributed by atoms with E-state index in [0.29, 0.717) is 6.04 Å². The third kappa shape index (κ3) is 3.64. The molecule has 1 unspecified atom stereocenters. The summed E-state index contributed by atoms with van der Waals surface area (Å²) in [6.45, 7) is 2.59. The molecule has 2 heterocycles. The van der Waals surface area contributed by atoms with Crippen molar-refractivity contribution in [3.8, 4) is 0 Å². The number of pyridine rings is 1. The minimum absolute atomic E-state index is 0.367. The molecular weight excluding hydrogens is 322 g/mol. The molecule has 3 aromatic rings. The van der Waals surface area contributed by atoms with Gasteiger partial charge in [0.15, 0.2) is 0 Å². The van der Waals surface area contributed by atoms with Crippen LogP contribution < -0.4 is 5.73 Å². The first-order valence-electron chi connectivity index (χ1n) is 9.66. The minimum Gasteiger partial charge on any atom is -0.341 e. The Bertz CT molecular complexity index is 823. The summed E-state index contributed by atoms with van der Waals surface area (Å²) in [6.07, 6.45) is 7.61. The highest BCUT2D eigenvalue weighted by atomic mass is 15.2. The van der Waals surface area contributed by atoms with Crippen LogP contribution in [-0.2, 0) is 13.0 Å². The van der Waals surface area contributed by atoms with E-state index in [0.717, 1.165) is 62.2 Å². The topological polar surface area (TPSA) is 70.8 Å². The fourth-order valence-electron chi connectivity index (χ4n) is 4.02. The summed E-state index contributed by atoms with van der Waals surface area (Å²) in [4.78, 5) is 15.5. The molecule has 0 saturated heterocycles. The van der Waals surface area contributed by atoms with Gasteiger partial charge in [0, 0.05) is 6.20 Å². The van der Waals surface area contributed by atoms with Crippen molar-refractivity contribution < 1.29 is 0 Å². The number of aryl methyl sites for hydroxylation is 1. The number of fused-ring (bicyclic) bond motifs is 2. The number of nitrogens with zero attached hydrogens (tertiary/aromatic N) is 3. The Balaban J connectivity index is 1.60. The molecule has 5 nitrogen and oxygen atoms in total. The van der Waals surface area contributed by atoms with Gasteiger partial charge >= 0.3 is 0 Å². The highest BCUT2D eigenvalue weighted by Gasteiger charge is 2.27. The van der Waals surface area contributed by atoms with E-state index < -0.39 is 0 Å². The smallest absolute Gasteiger partial charge is 0.121 e. The number of nitrogens with two attached hydrogens (primary N) is 1. The number of benzene rings is 1. The normalized spacial score (nSPS) is 16.9. The fourth-order valence-corrected chi connectivity index (χ4v) is 4.02. The quantitative estimate of drug-likeness (QED) is 0.640. The lowest BCUT2D eigenvalue weighted by atomic mass is 9.90. The first-order chi connectivity index (χ1) is 12.8. The molecule has 3 N–H and O–H groups in total.